The third-order valence-electron chi connectivity index (χ3n) is 3.82. The van der Waals surface area contributed by atoms with E-state index in [1.165, 1.54) is 6.33 Å². The molecule has 1 amide bonds. The average Bonchev–Trinajstić information content (AvgIpc) is 3.17. The van der Waals surface area contributed by atoms with Gasteiger partial charge in [0.15, 0.2) is 0 Å². The second kappa shape index (κ2) is 8.24. The molecule has 0 atom stereocenters. The fraction of sp³-hybridized carbons (Fsp3) is 0.263. The van der Waals surface area contributed by atoms with Gasteiger partial charge in [-0.1, -0.05) is 13.8 Å². The molecule has 1 heterocycles. The molecule has 0 saturated carbocycles. The molecular formula is C19H21N5O2. The van der Waals surface area contributed by atoms with Crippen molar-refractivity contribution in [3.05, 3.63) is 60.4 Å². The number of aromatic nitrogens is 4. The van der Waals surface area contributed by atoms with Gasteiger partial charge in [0, 0.05) is 11.3 Å². The van der Waals surface area contributed by atoms with Crippen molar-refractivity contribution >= 4 is 11.6 Å². The maximum absolute atomic E-state index is 12.4. The summed E-state index contributed by atoms with van der Waals surface area (Å²) in [6, 6.07) is 14.4. The summed E-state index contributed by atoms with van der Waals surface area (Å²) >= 11 is 0. The van der Waals surface area contributed by atoms with E-state index in [0.29, 0.717) is 23.8 Å². The van der Waals surface area contributed by atoms with E-state index in [9.17, 15) is 4.79 Å². The molecule has 134 valence electrons. The summed E-state index contributed by atoms with van der Waals surface area (Å²) in [5.74, 6) is 1.20. The molecule has 0 spiro atoms. The quantitative estimate of drug-likeness (QED) is 0.706. The molecule has 1 aromatic heterocycles. The SMILES string of the molecule is CC(C)CCOc1ccc(C(=O)Nc2ccc(-n3cnnn3)cc2)cc1. The number of hydrogen-bond donors (Lipinski definition) is 1. The summed E-state index contributed by atoms with van der Waals surface area (Å²) in [7, 11) is 0. The second-order valence-electron chi connectivity index (χ2n) is 6.31. The Morgan fingerprint density at radius 2 is 1.85 bits per heavy atom. The lowest BCUT2D eigenvalue weighted by Gasteiger charge is -2.09. The fourth-order valence-corrected chi connectivity index (χ4v) is 2.30. The zero-order valence-corrected chi connectivity index (χ0v) is 14.8. The van der Waals surface area contributed by atoms with Gasteiger partial charge in [0.25, 0.3) is 5.91 Å². The number of hydrogen-bond acceptors (Lipinski definition) is 5. The molecule has 0 radical (unpaired) electrons. The molecule has 3 rings (SSSR count). The first kappa shape index (κ1) is 17.6. The molecule has 0 unspecified atom stereocenters. The Bertz CT molecular complexity index is 827. The van der Waals surface area contributed by atoms with Crippen LogP contribution in [0.3, 0.4) is 0 Å². The summed E-state index contributed by atoms with van der Waals surface area (Å²) < 4.78 is 7.21. The lowest BCUT2D eigenvalue weighted by molar-refractivity contribution is 0.102. The van der Waals surface area contributed by atoms with Gasteiger partial charge in [-0.25, -0.2) is 4.68 Å². The third kappa shape index (κ3) is 4.66. The van der Waals surface area contributed by atoms with Crippen molar-refractivity contribution in [2.75, 3.05) is 11.9 Å². The van der Waals surface area contributed by atoms with Gasteiger partial charge in [0.2, 0.25) is 0 Å². The van der Waals surface area contributed by atoms with Gasteiger partial charge in [-0.3, -0.25) is 4.79 Å². The first-order chi connectivity index (χ1) is 12.6. The van der Waals surface area contributed by atoms with Gasteiger partial charge in [-0.15, -0.1) is 5.10 Å². The minimum Gasteiger partial charge on any atom is -0.494 e. The van der Waals surface area contributed by atoms with Crippen molar-refractivity contribution < 1.29 is 9.53 Å². The van der Waals surface area contributed by atoms with Crippen molar-refractivity contribution in [3.8, 4) is 11.4 Å². The summed E-state index contributed by atoms with van der Waals surface area (Å²) in [6.45, 7) is 5.00. The molecule has 26 heavy (non-hydrogen) atoms. The predicted octanol–water partition coefficient (Wildman–Crippen LogP) is 3.34. The van der Waals surface area contributed by atoms with E-state index < -0.39 is 0 Å². The standard InChI is InChI=1S/C19H21N5O2/c1-14(2)11-12-26-18-9-3-15(4-10-18)19(25)21-16-5-7-17(8-6-16)24-13-20-22-23-24/h3-10,13-14H,11-12H2,1-2H3,(H,21,25). The van der Waals surface area contributed by atoms with E-state index in [1.54, 1.807) is 28.9 Å². The molecule has 7 nitrogen and oxygen atoms in total. The van der Waals surface area contributed by atoms with Crippen LogP contribution in [-0.4, -0.2) is 32.7 Å². The lowest BCUT2D eigenvalue weighted by Crippen LogP contribution is -2.12. The zero-order chi connectivity index (χ0) is 18.4. The van der Waals surface area contributed by atoms with E-state index in [2.05, 4.69) is 34.7 Å². The number of amides is 1. The highest BCUT2D eigenvalue weighted by atomic mass is 16.5. The minimum atomic E-state index is -0.172. The molecule has 3 aromatic rings. The van der Waals surface area contributed by atoms with Crippen LogP contribution in [0, 0.1) is 5.92 Å². The highest BCUT2D eigenvalue weighted by Crippen LogP contribution is 2.16. The number of ether oxygens (including phenoxy) is 1. The number of nitrogens with one attached hydrogen (secondary N) is 1. The molecule has 0 bridgehead atoms. The summed E-state index contributed by atoms with van der Waals surface area (Å²) in [4.78, 5) is 12.4. The number of rotatable bonds is 7. The normalized spacial score (nSPS) is 10.7. The Morgan fingerprint density at radius 3 is 2.46 bits per heavy atom. The van der Waals surface area contributed by atoms with E-state index in [1.807, 2.05) is 24.3 Å². The van der Waals surface area contributed by atoms with Crippen LogP contribution in [0.4, 0.5) is 5.69 Å². The summed E-state index contributed by atoms with van der Waals surface area (Å²) in [5.41, 5.74) is 2.09. The van der Waals surface area contributed by atoms with Gasteiger partial charge in [-0.2, -0.15) is 0 Å². The van der Waals surface area contributed by atoms with Crippen LogP contribution < -0.4 is 10.1 Å². The lowest BCUT2D eigenvalue weighted by atomic mass is 10.1. The van der Waals surface area contributed by atoms with Gasteiger partial charge in [-0.05, 0) is 71.3 Å². The fourth-order valence-electron chi connectivity index (χ4n) is 2.30. The van der Waals surface area contributed by atoms with Crippen LogP contribution in [0.15, 0.2) is 54.9 Å². The highest BCUT2D eigenvalue weighted by Gasteiger charge is 2.07. The number of carbonyl (C=O) groups excluding carboxylic acids is 1. The van der Waals surface area contributed by atoms with Crippen LogP contribution in [0.25, 0.3) is 5.69 Å². The van der Waals surface area contributed by atoms with Gasteiger partial charge < -0.3 is 10.1 Å². The van der Waals surface area contributed by atoms with Crippen LogP contribution in [-0.2, 0) is 0 Å². The summed E-state index contributed by atoms with van der Waals surface area (Å²) in [5, 5.41) is 13.9. The summed E-state index contributed by atoms with van der Waals surface area (Å²) in [6.07, 6.45) is 2.52. The van der Waals surface area contributed by atoms with Crippen LogP contribution in [0.1, 0.15) is 30.6 Å². The molecule has 1 N–H and O–H groups in total. The second-order valence-corrected chi connectivity index (χ2v) is 6.31. The first-order valence-electron chi connectivity index (χ1n) is 8.49. The van der Waals surface area contributed by atoms with Crippen LogP contribution in [0.2, 0.25) is 0 Å². The smallest absolute Gasteiger partial charge is 0.255 e. The highest BCUT2D eigenvalue weighted by molar-refractivity contribution is 6.04. The Hall–Kier alpha value is -3.22. The minimum absolute atomic E-state index is 0.172. The van der Waals surface area contributed by atoms with Crippen LogP contribution >= 0.6 is 0 Å². The molecule has 0 saturated heterocycles. The number of carbonyl (C=O) groups is 1. The van der Waals surface area contributed by atoms with Crippen molar-refractivity contribution in [1.29, 1.82) is 0 Å². The molecule has 0 fully saturated rings. The number of nitrogens with zero attached hydrogens (tertiary/aromatic N) is 4. The molecule has 0 aliphatic heterocycles. The Morgan fingerprint density at radius 1 is 1.12 bits per heavy atom. The van der Waals surface area contributed by atoms with Gasteiger partial charge in [0.05, 0.1) is 12.3 Å². The van der Waals surface area contributed by atoms with Crippen molar-refractivity contribution in [3.63, 3.8) is 0 Å². The zero-order valence-electron chi connectivity index (χ0n) is 14.8. The third-order valence-corrected chi connectivity index (χ3v) is 3.82. The molecular weight excluding hydrogens is 330 g/mol. The van der Waals surface area contributed by atoms with Gasteiger partial charge >= 0.3 is 0 Å². The van der Waals surface area contributed by atoms with E-state index >= 15 is 0 Å². The van der Waals surface area contributed by atoms with Crippen molar-refractivity contribution in [1.82, 2.24) is 20.2 Å². The van der Waals surface area contributed by atoms with Crippen LogP contribution in [0.5, 0.6) is 5.75 Å². The Kier molecular flexibility index (Phi) is 5.58. The average molecular weight is 351 g/mol. The predicted molar refractivity (Wildman–Crippen MR) is 98.5 cm³/mol. The number of tetrazole rings is 1. The molecule has 2 aromatic carbocycles. The number of anilines is 1. The molecule has 7 heteroatoms. The maximum Gasteiger partial charge on any atom is 0.255 e. The number of benzene rings is 2. The Labute approximate surface area is 152 Å². The van der Waals surface area contributed by atoms with Crippen molar-refractivity contribution in [2.24, 2.45) is 5.92 Å². The van der Waals surface area contributed by atoms with Crippen molar-refractivity contribution in [2.45, 2.75) is 20.3 Å². The maximum atomic E-state index is 12.4. The molecule has 0 aliphatic rings. The van der Waals surface area contributed by atoms with E-state index in [-0.39, 0.29) is 5.91 Å². The Balaban J connectivity index is 1.57. The van der Waals surface area contributed by atoms with E-state index in [4.69, 9.17) is 4.74 Å². The molecule has 0 aliphatic carbocycles. The first-order valence-corrected chi connectivity index (χ1v) is 8.49. The monoisotopic (exact) mass is 351 g/mol. The van der Waals surface area contributed by atoms with E-state index in [0.717, 1.165) is 17.9 Å². The van der Waals surface area contributed by atoms with Gasteiger partial charge in [0.1, 0.15) is 12.1 Å². The topological polar surface area (TPSA) is 81.9 Å². The largest absolute Gasteiger partial charge is 0.494 e.